The molecule has 0 aromatic rings. The lowest BCUT2D eigenvalue weighted by molar-refractivity contribution is 0.121. The maximum atomic E-state index is 5.90. The van der Waals surface area contributed by atoms with E-state index in [1.165, 1.54) is 0 Å². The van der Waals surface area contributed by atoms with Crippen LogP contribution in [0, 0.1) is 0 Å². The van der Waals surface area contributed by atoms with Gasteiger partial charge >= 0.3 is 8.80 Å². The molecule has 1 atom stereocenters. The number of likely N-dealkylation sites (N-methyl/N-ethyl adjacent to an activating group) is 1. The summed E-state index contributed by atoms with van der Waals surface area (Å²) in [4.78, 5) is 0. The molecule has 5 nitrogen and oxygen atoms in total. The molecule has 0 spiro atoms. The van der Waals surface area contributed by atoms with Crippen molar-refractivity contribution < 1.29 is 13.3 Å². The van der Waals surface area contributed by atoms with Crippen molar-refractivity contribution in [3.63, 3.8) is 0 Å². The highest BCUT2D eigenvalue weighted by molar-refractivity contribution is 6.60. The Morgan fingerprint density at radius 2 is 1.71 bits per heavy atom. The molecule has 0 saturated heterocycles. The molecule has 0 bridgehead atoms. The van der Waals surface area contributed by atoms with Gasteiger partial charge in [-0.25, -0.2) is 0 Å². The van der Waals surface area contributed by atoms with Gasteiger partial charge in [0.2, 0.25) is 0 Å². The lowest BCUT2D eigenvalue weighted by Gasteiger charge is -2.27. The van der Waals surface area contributed by atoms with Crippen molar-refractivity contribution in [3.05, 3.63) is 0 Å². The van der Waals surface area contributed by atoms with E-state index in [0.29, 0.717) is 6.04 Å². The lowest BCUT2D eigenvalue weighted by Crippen LogP contribution is -2.49. The molecule has 0 aliphatic rings. The summed E-state index contributed by atoms with van der Waals surface area (Å²) in [7, 11) is 2.29. The van der Waals surface area contributed by atoms with Crippen LogP contribution in [0.3, 0.4) is 0 Å². The summed E-state index contributed by atoms with van der Waals surface area (Å²) in [5.74, 6) is 0. The highest BCUT2D eigenvalue weighted by atomic mass is 28.4. The van der Waals surface area contributed by atoms with Gasteiger partial charge in [-0.3, -0.25) is 0 Å². The van der Waals surface area contributed by atoms with Crippen LogP contribution in [0.4, 0.5) is 0 Å². The average Bonchev–Trinajstić information content (AvgIpc) is 2.23. The van der Waals surface area contributed by atoms with Gasteiger partial charge in [-0.15, -0.1) is 0 Å². The minimum Gasteiger partial charge on any atom is -0.377 e. The maximum absolute atomic E-state index is 5.90. The summed E-state index contributed by atoms with van der Waals surface area (Å²) < 4.78 is 15.8. The fourth-order valence-electron chi connectivity index (χ4n) is 1.22. The van der Waals surface area contributed by atoms with Crippen molar-refractivity contribution in [2.45, 2.75) is 19.0 Å². The zero-order valence-corrected chi connectivity index (χ0v) is 10.5. The van der Waals surface area contributed by atoms with Crippen LogP contribution in [-0.4, -0.2) is 49.3 Å². The van der Waals surface area contributed by atoms with Crippen LogP contribution < -0.4 is 11.1 Å². The number of nitrogens with one attached hydrogen (secondary N) is 1. The lowest BCUT2D eigenvalue weighted by atomic mass is 10.3. The SMILES string of the molecule is CCNCC(N)C[Si](OC)(OC)OC. The summed E-state index contributed by atoms with van der Waals surface area (Å²) in [6.07, 6.45) is 0. The van der Waals surface area contributed by atoms with E-state index in [1.54, 1.807) is 21.3 Å². The van der Waals surface area contributed by atoms with Gasteiger partial charge in [0.05, 0.1) is 0 Å². The summed E-state index contributed by atoms with van der Waals surface area (Å²) in [6.45, 7) is 3.71. The molecule has 3 N–H and O–H groups in total. The van der Waals surface area contributed by atoms with E-state index in [0.717, 1.165) is 13.1 Å². The van der Waals surface area contributed by atoms with Crippen LogP contribution in [0.5, 0.6) is 0 Å². The molecule has 0 aliphatic heterocycles. The fraction of sp³-hybridized carbons (Fsp3) is 1.00. The molecule has 0 aliphatic carbocycles. The van der Waals surface area contributed by atoms with Crippen LogP contribution >= 0.6 is 0 Å². The predicted octanol–water partition coefficient (Wildman–Crippen LogP) is -0.199. The second kappa shape index (κ2) is 7.33. The van der Waals surface area contributed by atoms with Crippen LogP contribution in [0.1, 0.15) is 6.92 Å². The molecule has 0 amide bonds. The zero-order chi connectivity index (χ0) is 11.0. The smallest absolute Gasteiger partial charge is 0.377 e. The molecule has 0 saturated carbocycles. The quantitative estimate of drug-likeness (QED) is 0.557. The van der Waals surface area contributed by atoms with Crippen LogP contribution in [0.2, 0.25) is 6.04 Å². The summed E-state index contributed by atoms with van der Waals surface area (Å²) in [6, 6.07) is 0.630. The Kier molecular flexibility index (Phi) is 7.34. The van der Waals surface area contributed by atoms with Crippen molar-refractivity contribution in [2.24, 2.45) is 5.73 Å². The Morgan fingerprint density at radius 1 is 1.21 bits per heavy atom. The van der Waals surface area contributed by atoms with Gasteiger partial charge < -0.3 is 24.3 Å². The molecule has 0 heterocycles. The average molecular weight is 222 g/mol. The number of nitrogens with two attached hydrogens (primary N) is 1. The van der Waals surface area contributed by atoms with Crippen LogP contribution in [-0.2, 0) is 13.3 Å². The molecule has 0 rings (SSSR count). The first-order valence-electron chi connectivity index (χ1n) is 4.75. The molecule has 0 radical (unpaired) electrons. The minimum absolute atomic E-state index is 0.00136. The molecule has 0 aromatic carbocycles. The van der Waals surface area contributed by atoms with E-state index in [2.05, 4.69) is 5.32 Å². The third-order valence-corrected chi connectivity index (χ3v) is 4.99. The first kappa shape index (κ1) is 14.0. The normalized spacial score (nSPS) is 14.4. The van der Waals surface area contributed by atoms with Crippen molar-refractivity contribution in [1.82, 2.24) is 5.32 Å². The van der Waals surface area contributed by atoms with Crippen LogP contribution in [0.15, 0.2) is 0 Å². The number of hydrogen-bond acceptors (Lipinski definition) is 5. The second-order valence-corrected chi connectivity index (χ2v) is 6.07. The van der Waals surface area contributed by atoms with E-state index >= 15 is 0 Å². The van der Waals surface area contributed by atoms with E-state index in [9.17, 15) is 0 Å². The van der Waals surface area contributed by atoms with Gasteiger partial charge in [0.15, 0.2) is 0 Å². The first-order valence-corrected chi connectivity index (χ1v) is 6.69. The van der Waals surface area contributed by atoms with Crippen LogP contribution in [0.25, 0.3) is 0 Å². The van der Waals surface area contributed by atoms with Gasteiger partial charge in [-0.05, 0) is 6.54 Å². The Morgan fingerprint density at radius 3 is 2.07 bits per heavy atom. The monoisotopic (exact) mass is 222 g/mol. The molecular formula is C8H22N2O3Si. The third-order valence-electron chi connectivity index (χ3n) is 2.10. The minimum atomic E-state index is -2.50. The third kappa shape index (κ3) is 4.49. The largest absolute Gasteiger partial charge is 0.501 e. The Hall–Kier alpha value is 0.0169. The van der Waals surface area contributed by atoms with Crippen molar-refractivity contribution in [2.75, 3.05) is 34.4 Å². The van der Waals surface area contributed by atoms with Gasteiger partial charge in [-0.2, -0.15) is 0 Å². The van der Waals surface area contributed by atoms with Crippen molar-refractivity contribution in [3.8, 4) is 0 Å². The van der Waals surface area contributed by atoms with Gasteiger partial charge in [0, 0.05) is 40.0 Å². The van der Waals surface area contributed by atoms with Crippen molar-refractivity contribution >= 4 is 8.80 Å². The predicted molar refractivity (Wildman–Crippen MR) is 58.1 cm³/mol. The van der Waals surface area contributed by atoms with Crippen molar-refractivity contribution in [1.29, 1.82) is 0 Å². The molecule has 0 fully saturated rings. The zero-order valence-electron chi connectivity index (χ0n) is 9.50. The van der Waals surface area contributed by atoms with E-state index in [4.69, 9.17) is 19.0 Å². The first-order chi connectivity index (χ1) is 6.64. The second-order valence-electron chi connectivity index (χ2n) is 3.07. The molecule has 6 heteroatoms. The van der Waals surface area contributed by atoms with Gasteiger partial charge in [0.25, 0.3) is 0 Å². The highest BCUT2D eigenvalue weighted by Gasteiger charge is 2.39. The Labute approximate surface area is 87.3 Å². The summed E-state index contributed by atoms with van der Waals surface area (Å²) >= 11 is 0. The molecular weight excluding hydrogens is 200 g/mol. The standard InChI is InChI=1S/C8H22N2O3Si/c1-5-10-6-8(9)7-14(11-2,12-3)13-4/h8,10H,5-7,9H2,1-4H3. The van der Waals surface area contributed by atoms with E-state index in [-0.39, 0.29) is 6.04 Å². The summed E-state index contributed by atoms with van der Waals surface area (Å²) in [5, 5.41) is 3.17. The molecule has 0 aromatic heterocycles. The molecule has 86 valence electrons. The highest BCUT2D eigenvalue weighted by Crippen LogP contribution is 2.13. The Balaban J connectivity index is 4.01. The number of rotatable bonds is 8. The maximum Gasteiger partial charge on any atom is 0.501 e. The Bertz CT molecular complexity index is 136. The van der Waals surface area contributed by atoms with E-state index < -0.39 is 8.80 Å². The topological polar surface area (TPSA) is 65.7 Å². The molecule has 1 unspecified atom stereocenters. The number of hydrogen-bond donors (Lipinski definition) is 2. The van der Waals surface area contributed by atoms with Gasteiger partial charge in [-0.1, -0.05) is 6.92 Å². The van der Waals surface area contributed by atoms with E-state index in [1.807, 2.05) is 6.92 Å². The fourth-order valence-corrected chi connectivity index (χ4v) is 3.01. The van der Waals surface area contributed by atoms with Gasteiger partial charge in [0.1, 0.15) is 0 Å². The molecule has 14 heavy (non-hydrogen) atoms. The summed E-state index contributed by atoms with van der Waals surface area (Å²) in [5.41, 5.74) is 5.90.